The molecule has 2 amide bonds. The van der Waals surface area contributed by atoms with Crippen LogP contribution in [0, 0.1) is 5.92 Å². The number of carbonyl (C=O) groups excluding carboxylic acids is 2. The molecule has 0 radical (unpaired) electrons. The fraction of sp³-hybridized carbons (Fsp3) is 0.875. The van der Waals surface area contributed by atoms with Crippen molar-refractivity contribution >= 4 is 12.0 Å². The molecule has 1 saturated heterocycles. The fourth-order valence-electron chi connectivity index (χ4n) is 2.75. The summed E-state index contributed by atoms with van der Waals surface area (Å²) in [6, 6.07) is 0.212. The number of hydrogen-bond acceptors (Lipinski definition) is 4. The van der Waals surface area contributed by atoms with E-state index in [2.05, 4.69) is 15.5 Å². The summed E-state index contributed by atoms with van der Waals surface area (Å²) in [5.74, 6) is 0.369. The van der Waals surface area contributed by atoms with Crippen molar-refractivity contribution < 1.29 is 14.3 Å². The molecule has 1 saturated carbocycles. The van der Waals surface area contributed by atoms with E-state index in [0.717, 1.165) is 25.6 Å². The number of rotatable bonds is 5. The van der Waals surface area contributed by atoms with Crippen molar-refractivity contribution in [3.8, 4) is 0 Å². The number of ether oxygens (including phenoxy) is 1. The molecule has 1 aliphatic carbocycles. The second-order valence-electron chi connectivity index (χ2n) is 7.49. The number of carbonyl (C=O) groups is 2. The van der Waals surface area contributed by atoms with Gasteiger partial charge in [0.05, 0.1) is 0 Å². The zero-order chi connectivity index (χ0) is 16.3. The van der Waals surface area contributed by atoms with Gasteiger partial charge in [-0.15, -0.1) is 0 Å². The van der Waals surface area contributed by atoms with E-state index in [4.69, 9.17) is 4.74 Å². The monoisotopic (exact) mass is 311 g/mol. The maximum atomic E-state index is 12.0. The Labute approximate surface area is 132 Å². The smallest absolute Gasteiger partial charge is 0.408 e. The van der Waals surface area contributed by atoms with Crippen LogP contribution in [0.4, 0.5) is 4.79 Å². The van der Waals surface area contributed by atoms with Gasteiger partial charge in [0, 0.05) is 19.1 Å². The Bertz CT molecular complexity index is 415. The number of hydrogen-bond donors (Lipinski definition) is 2. The van der Waals surface area contributed by atoms with Crippen LogP contribution in [0.3, 0.4) is 0 Å². The molecule has 0 aromatic heterocycles. The normalized spacial score (nSPS) is 23.9. The molecule has 126 valence electrons. The maximum Gasteiger partial charge on any atom is 0.408 e. The lowest BCUT2D eigenvalue weighted by Gasteiger charge is -2.22. The highest BCUT2D eigenvalue weighted by atomic mass is 16.6. The third kappa shape index (κ3) is 5.48. The van der Waals surface area contributed by atoms with Gasteiger partial charge in [-0.25, -0.2) is 4.79 Å². The van der Waals surface area contributed by atoms with Gasteiger partial charge in [-0.3, -0.25) is 4.79 Å². The number of nitrogens with one attached hydrogen (secondary N) is 2. The summed E-state index contributed by atoms with van der Waals surface area (Å²) in [4.78, 5) is 26.2. The van der Waals surface area contributed by atoms with E-state index in [1.165, 1.54) is 12.8 Å². The van der Waals surface area contributed by atoms with Crippen molar-refractivity contribution in [3.05, 3.63) is 0 Å². The molecule has 22 heavy (non-hydrogen) atoms. The van der Waals surface area contributed by atoms with Gasteiger partial charge in [-0.2, -0.15) is 0 Å². The van der Waals surface area contributed by atoms with Crippen LogP contribution >= 0.6 is 0 Å². The van der Waals surface area contributed by atoms with Crippen molar-refractivity contribution in [2.24, 2.45) is 5.92 Å². The van der Waals surface area contributed by atoms with E-state index >= 15 is 0 Å². The molecule has 0 bridgehead atoms. The minimum Gasteiger partial charge on any atom is -0.444 e. The van der Waals surface area contributed by atoms with Gasteiger partial charge in [0.25, 0.3) is 0 Å². The van der Waals surface area contributed by atoms with Gasteiger partial charge in [-0.05, 0) is 59.4 Å². The summed E-state index contributed by atoms with van der Waals surface area (Å²) in [6.07, 6.45) is 3.24. The third-order valence-corrected chi connectivity index (χ3v) is 4.07. The minimum absolute atomic E-state index is 0.157. The van der Waals surface area contributed by atoms with Crippen LogP contribution in [-0.2, 0) is 9.53 Å². The van der Waals surface area contributed by atoms with Gasteiger partial charge in [0.1, 0.15) is 11.6 Å². The van der Waals surface area contributed by atoms with Crippen molar-refractivity contribution in [1.82, 2.24) is 15.5 Å². The topological polar surface area (TPSA) is 70.7 Å². The Balaban J connectivity index is 1.65. The van der Waals surface area contributed by atoms with E-state index in [9.17, 15) is 9.59 Å². The van der Waals surface area contributed by atoms with Gasteiger partial charge < -0.3 is 20.3 Å². The van der Waals surface area contributed by atoms with Crippen LogP contribution in [0.15, 0.2) is 0 Å². The molecule has 0 aromatic carbocycles. The lowest BCUT2D eigenvalue weighted by Crippen LogP contribution is -2.47. The van der Waals surface area contributed by atoms with E-state index in [0.29, 0.717) is 12.5 Å². The van der Waals surface area contributed by atoms with Crippen LogP contribution in [-0.4, -0.2) is 54.2 Å². The highest BCUT2D eigenvalue weighted by Gasteiger charge is 2.34. The molecule has 1 heterocycles. The van der Waals surface area contributed by atoms with Crippen molar-refractivity contribution in [3.63, 3.8) is 0 Å². The Morgan fingerprint density at radius 1 is 1.27 bits per heavy atom. The number of alkyl carbamates (subject to hydrolysis) is 1. The van der Waals surface area contributed by atoms with E-state index < -0.39 is 17.7 Å². The molecule has 2 fully saturated rings. The number of amides is 2. The second-order valence-corrected chi connectivity index (χ2v) is 7.49. The van der Waals surface area contributed by atoms with Gasteiger partial charge in [0.15, 0.2) is 0 Å². The first kappa shape index (κ1) is 17.1. The van der Waals surface area contributed by atoms with Crippen LogP contribution in [0.1, 0.15) is 47.0 Å². The maximum absolute atomic E-state index is 12.0. The molecule has 1 unspecified atom stereocenters. The van der Waals surface area contributed by atoms with E-state index in [-0.39, 0.29) is 5.91 Å². The SMILES string of the molecule is C[C@@H](NC(=O)OC(C)(C)C)C(=O)NCC1CCN(C2CC2)C1. The fourth-order valence-corrected chi connectivity index (χ4v) is 2.75. The van der Waals surface area contributed by atoms with Crippen LogP contribution in [0.25, 0.3) is 0 Å². The summed E-state index contributed by atoms with van der Waals surface area (Å²) in [5.41, 5.74) is -0.559. The lowest BCUT2D eigenvalue weighted by molar-refractivity contribution is -0.122. The lowest BCUT2D eigenvalue weighted by atomic mass is 10.1. The molecule has 0 aromatic rings. The number of nitrogens with zero attached hydrogens (tertiary/aromatic N) is 1. The molecule has 2 aliphatic rings. The Hall–Kier alpha value is -1.30. The first-order valence-corrected chi connectivity index (χ1v) is 8.26. The second kappa shape index (κ2) is 6.86. The summed E-state index contributed by atoms with van der Waals surface area (Å²) in [6.45, 7) is 9.97. The molecule has 1 aliphatic heterocycles. The molecule has 6 nitrogen and oxygen atoms in total. The molecule has 6 heteroatoms. The van der Waals surface area contributed by atoms with Gasteiger partial charge >= 0.3 is 6.09 Å². The highest BCUT2D eigenvalue weighted by molar-refractivity contribution is 5.85. The van der Waals surface area contributed by atoms with Crippen molar-refractivity contribution in [2.75, 3.05) is 19.6 Å². The summed E-state index contributed by atoms with van der Waals surface area (Å²) >= 11 is 0. The molecule has 0 spiro atoms. The largest absolute Gasteiger partial charge is 0.444 e. The van der Waals surface area contributed by atoms with Gasteiger partial charge in [-0.1, -0.05) is 0 Å². The zero-order valence-electron chi connectivity index (χ0n) is 14.1. The first-order valence-electron chi connectivity index (χ1n) is 8.26. The van der Waals surface area contributed by atoms with E-state index in [1.807, 2.05) is 0 Å². The molecule has 2 atom stereocenters. The molecular weight excluding hydrogens is 282 g/mol. The Kier molecular flexibility index (Phi) is 5.32. The van der Waals surface area contributed by atoms with Crippen LogP contribution in [0.2, 0.25) is 0 Å². The molecule has 2 N–H and O–H groups in total. The van der Waals surface area contributed by atoms with Crippen molar-refractivity contribution in [1.29, 1.82) is 0 Å². The first-order chi connectivity index (χ1) is 10.2. The molecule has 2 rings (SSSR count). The highest BCUT2D eigenvalue weighted by Crippen LogP contribution is 2.31. The summed E-state index contributed by atoms with van der Waals surface area (Å²) < 4.78 is 5.15. The minimum atomic E-state index is -0.587. The van der Waals surface area contributed by atoms with Crippen LogP contribution in [0.5, 0.6) is 0 Å². The van der Waals surface area contributed by atoms with Gasteiger partial charge in [0.2, 0.25) is 5.91 Å². The summed E-state index contributed by atoms with van der Waals surface area (Å²) in [7, 11) is 0. The average molecular weight is 311 g/mol. The Morgan fingerprint density at radius 3 is 2.55 bits per heavy atom. The van der Waals surface area contributed by atoms with Crippen molar-refractivity contribution in [2.45, 2.75) is 64.6 Å². The van der Waals surface area contributed by atoms with E-state index in [1.54, 1.807) is 27.7 Å². The van der Waals surface area contributed by atoms with Crippen LogP contribution < -0.4 is 10.6 Å². The Morgan fingerprint density at radius 2 is 1.95 bits per heavy atom. The predicted octanol–water partition coefficient (Wildman–Crippen LogP) is 1.50. The average Bonchev–Trinajstić information content (AvgIpc) is 3.13. The quantitative estimate of drug-likeness (QED) is 0.807. The molecular formula is C16H29N3O3. The number of likely N-dealkylation sites (tertiary alicyclic amines) is 1. The predicted molar refractivity (Wildman–Crippen MR) is 84.5 cm³/mol. The standard InChI is InChI=1S/C16H29N3O3/c1-11(18-15(21)22-16(2,3)4)14(20)17-9-12-7-8-19(10-12)13-5-6-13/h11-13H,5-10H2,1-4H3,(H,17,20)(H,18,21)/t11-,12?/m1/s1. The summed E-state index contributed by atoms with van der Waals surface area (Å²) in [5, 5.41) is 5.50. The zero-order valence-corrected chi connectivity index (χ0v) is 14.1. The third-order valence-electron chi connectivity index (χ3n) is 4.07.